The van der Waals surface area contributed by atoms with Gasteiger partial charge in [0.2, 0.25) is 0 Å². The molecule has 23 heavy (non-hydrogen) atoms. The SMILES string of the molecule is COc1ccc([C@@H]2CS[C@@H](c3ccccc3)CC2=O)cc1OC. The Morgan fingerprint density at radius 3 is 2.35 bits per heavy atom. The Morgan fingerprint density at radius 1 is 0.957 bits per heavy atom. The highest BCUT2D eigenvalue weighted by Gasteiger charge is 2.31. The van der Waals surface area contributed by atoms with Crippen molar-refractivity contribution in [1.29, 1.82) is 0 Å². The van der Waals surface area contributed by atoms with E-state index in [-0.39, 0.29) is 11.2 Å². The van der Waals surface area contributed by atoms with Gasteiger partial charge in [-0.05, 0) is 23.3 Å². The van der Waals surface area contributed by atoms with E-state index < -0.39 is 0 Å². The number of hydrogen-bond acceptors (Lipinski definition) is 4. The third kappa shape index (κ3) is 3.37. The zero-order valence-corrected chi connectivity index (χ0v) is 14.1. The Kier molecular flexibility index (Phi) is 4.91. The van der Waals surface area contributed by atoms with Crippen LogP contribution in [0.4, 0.5) is 0 Å². The zero-order chi connectivity index (χ0) is 16.2. The van der Waals surface area contributed by atoms with E-state index in [9.17, 15) is 4.79 Å². The summed E-state index contributed by atoms with van der Waals surface area (Å²) >= 11 is 1.85. The summed E-state index contributed by atoms with van der Waals surface area (Å²) in [5.41, 5.74) is 2.24. The maximum absolute atomic E-state index is 12.6. The van der Waals surface area contributed by atoms with Crippen LogP contribution in [0.3, 0.4) is 0 Å². The number of ether oxygens (including phenoxy) is 2. The highest BCUT2D eigenvalue weighted by Crippen LogP contribution is 2.43. The van der Waals surface area contributed by atoms with Gasteiger partial charge in [-0.2, -0.15) is 11.8 Å². The second-order valence-corrected chi connectivity index (χ2v) is 6.81. The largest absolute Gasteiger partial charge is 0.493 e. The first-order chi connectivity index (χ1) is 11.2. The van der Waals surface area contributed by atoms with Crippen LogP contribution in [0.5, 0.6) is 11.5 Å². The van der Waals surface area contributed by atoms with Crippen molar-refractivity contribution in [2.45, 2.75) is 17.6 Å². The van der Waals surface area contributed by atoms with Crippen molar-refractivity contribution in [3.63, 3.8) is 0 Å². The Bertz CT molecular complexity index is 684. The standard InChI is InChI=1S/C19H20O3S/c1-21-17-9-8-14(10-18(17)22-2)15-12-23-19(11-16(15)20)13-6-4-3-5-7-13/h3-10,15,19H,11-12H2,1-2H3/t15-,19+/m0/s1. The molecule has 2 aromatic rings. The van der Waals surface area contributed by atoms with Crippen LogP contribution in [0.25, 0.3) is 0 Å². The van der Waals surface area contributed by atoms with Gasteiger partial charge in [0.05, 0.1) is 20.1 Å². The van der Waals surface area contributed by atoms with Crippen LogP contribution in [-0.2, 0) is 4.79 Å². The fourth-order valence-electron chi connectivity index (χ4n) is 2.92. The van der Waals surface area contributed by atoms with Gasteiger partial charge in [0, 0.05) is 17.4 Å². The summed E-state index contributed by atoms with van der Waals surface area (Å²) in [7, 11) is 3.23. The molecule has 1 heterocycles. The molecule has 0 radical (unpaired) electrons. The lowest BCUT2D eigenvalue weighted by atomic mass is 9.91. The average Bonchev–Trinajstić information content (AvgIpc) is 2.61. The predicted molar refractivity (Wildman–Crippen MR) is 93.6 cm³/mol. The molecule has 4 heteroatoms. The predicted octanol–water partition coefficient (Wildman–Crippen LogP) is 4.23. The van der Waals surface area contributed by atoms with Gasteiger partial charge in [-0.1, -0.05) is 36.4 Å². The van der Waals surface area contributed by atoms with Crippen molar-refractivity contribution in [2.75, 3.05) is 20.0 Å². The van der Waals surface area contributed by atoms with E-state index >= 15 is 0 Å². The van der Waals surface area contributed by atoms with E-state index in [4.69, 9.17) is 9.47 Å². The van der Waals surface area contributed by atoms with Crippen LogP contribution in [0.1, 0.15) is 28.7 Å². The summed E-state index contributed by atoms with van der Waals surface area (Å²) in [4.78, 5) is 12.6. The summed E-state index contributed by atoms with van der Waals surface area (Å²) in [6.07, 6.45) is 0.577. The number of Topliss-reactive ketones (excluding diaryl/α,β-unsaturated/α-hetero) is 1. The molecule has 0 aliphatic carbocycles. The van der Waals surface area contributed by atoms with Crippen LogP contribution < -0.4 is 9.47 Å². The fourth-order valence-corrected chi connectivity index (χ4v) is 4.36. The Hall–Kier alpha value is -1.94. The Balaban J connectivity index is 1.77. The molecule has 1 saturated heterocycles. The van der Waals surface area contributed by atoms with Crippen LogP contribution in [0.2, 0.25) is 0 Å². The molecule has 0 bridgehead atoms. The summed E-state index contributed by atoms with van der Waals surface area (Å²) in [5.74, 6) is 2.39. The molecule has 0 unspecified atom stereocenters. The molecule has 3 nitrogen and oxygen atoms in total. The van der Waals surface area contributed by atoms with Gasteiger partial charge in [-0.15, -0.1) is 0 Å². The van der Waals surface area contributed by atoms with E-state index in [2.05, 4.69) is 12.1 Å². The van der Waals surface area contributed by atoms with Gasteiger partial charge >= 0.3 is 0 Å². The van der Waals surface area contributed by atoms with Crippen LogP contribution in [0, 0.1) is 0 Å². The minimum atomic E-state index is -0.0697. The lowest BCUT2D eigenvalue weighted by Gasteiger charge is -2.28. The first-order valence-electron chi connectivity index (χ1n) is 7.64. The molecular formula is C19H20O3S. The van der Waals surface area contributed by atoms with E-state index in [0.29, 0.717) is 23.7 Å². The van der Waals surface area contributed by atoms with Crippen molar-refractivity contribution >= 4 is 17.5 Å². The fraction of sp³-hybridized carbons (Fsp3) is 0.316. The first-order valence-corrected chi connectivity index (χ1v) is 8.69. The molecule has 0 saturated carbocycles. The van der Waals surface area contributed by atoms with Gasteiger partial charge in [-0.3, -0.25) is 4.79 Å². The molecular weight excluding hydrogens is 308 g/mol. The smallest absolute Gasteiger partial charge is 0.161 e. The van der Waals surface area contributed by atoms with Gasteiger partial charge in [0.25, 0.3) is 0 Å². The Morgan fingerprint density at radius 2 is 1.70 bits per heavy atom. The molecule has 3 rings (SSSR count). The molecule has 1 aliphatic heterocycles. The minimum absolute atomic E-state index is 0.0697. The van der Waals surface area contributed by atoms with Gasteiger partial charge < -0.3 is 9.47 Å². The average molecular weight is 328 g/mol. The lowest BCUT2D eigenvalue weighted by Crippen LogP contribution is -2.22. The quantitative estimate of drug-likeness (QED) is 0.841. The number of carbonyl (C=O) groups is 1. The topological polar surface area (TPSA) is 35.5 Å². The number of carbonyl (C=O) groups excluding carboxylic acids is 1. The van der Waals surface area contributed by atoms with E-state index in [1.54, 1.807) is 14.2 Å². The number of methoxy groups -OCH3 is 2. The second kappa shape index (κ2) is 7.09. The summed E-state index contributed by atoms with van der Waals surface area (Å²) < 4.78 is 10.6. The molecule has 0 aromatic heterocycles. The van der Waals surface area contributed by atoms with Crippen molar-refractivity contribution in [1.82, 2.24) is 0 Å². The molecule has 0 amide bonds. The Labute approximate surface area is 141 Å². The number of benzene rings is 2. The third-order valence-electron chi connectivity index (χ3n) is 4.22. The molecule has 2 aromatic carbocycles. The van der Waals surface area contributed by atoms with Crippen molar-refractivity contribution < 1.29 is 14.3 Å². The van der Waals surface area contributed by atoms with Gasteiger partial charge in [0.1, 0.15) is 5.78 Å². The lowest BCUT2D eigenvalue weighted by molar-refractivity contribution is -0.120. The molecule has 0 spiro atoms. The molecule has 0 N–H and O–H groups in total. The molecule has 120 valence electrons. The molecule has 1 fully saturated rings. The molecule has 2 atom stereocenters. The number of ketones is 1. The van der Waals surface area contributed by atoms with E-state index in [1.807, 2.05) is 48.2 Å². The molecule has 1 aliphatic rings. The second-order valence-electron chi connectivity index (χ2n) is 5.57. The highest BCUT2D eigenvalue weighted by atomic mass is 32.2. The third-order valence-corrected chi connectivity index (χ3v) is 5.59. The maximum Gasteiger partial charge on any atom is 0.161 e. The van der Waals surface area contributed by atoms with Crippen LogP contribution in [0.15, 0.2) is 48.5 Å². The monoisotopic (exact) mass is 328 g/mol. The van der Waals surface area contributed by atoms with Crippen molar-refractivity contribution in [2.24, 2.45) is 0 Å². The normalized spacial score (nSPS) is 21.0. The minimum Gasteiger partial charge on any atom is -0.493 e. The van der Waals surface area contributed by atoms with Gasteiger partial charge in [-0.25, -0.2) is 0 Å². The first kappa shape index (κ1) is 15.9. The summed E-state index contributed by atoms with van der Waals surface area (Å²) in [6, 6.07) is 16.0. The van der Waals surface area contributed by atoms with Crippen LogP contribution in [-0.4, -0.2) is 25.8 Å². The van der Waals surface area contributed by atoms with E-state index in [0.717, 1.165) is 11.3 Å². The van der Waals surface area contributed by atoms with Crippen LogP contribution >= 0.6 is 11.8 Å². The van der Waals surface area contributed by atoms with Crippen molar-refractivity contribution in [3.05, 3.63) is 59.7 Å². The summed E-state index contributed by atoms with van der Waals surface area (Å²) in [5, 5.41) is 0.264. The van der Waals surface area contributed by atoms with Gasteiger partial charge in [0.15, 0.2) is 11.5 Å². The highest BCUT2D eigenvalue weighted by molar-refractivity contribution is 7.99. The number of hydrogen-bond donors (Lipinski definition) is 0. The summed E-state index contributed by atoms with van der Waals surface area (Å²) in [6.45, 7) is 0. The number of rotatable bonds is 4. The van der Waals surface area contributed by atoms with Crippen molar-refractivity contribution in [3.8, 4) is 11.5 Å². The van der Waals surface area contributed by atoms with E-state index in [1.165, 1.54) is 5.56 Å². The zero-order valence-electron chi connectivity index (χ0n) is 13.3. The number of thioether (sulfide) groups is 1. The maximum atomic E-state index is 12.6.